The summed E-state index contributed by atoms with van der Waals surface area (Å²) in [5, 5.41) is 13.7. The molecule has 0 bridgehead atoms. The molecule has 1 aromatic carbocycles. The molecule has 6 nitrogen and oxygen atoms in total. The number of anilines is 2. The van der Waals surface area contributed by atoms with Gasteiger partial charge in [-0.05, 0) is 26.0 Å². The van der Waals surface area contributed by atoms with Crippen LogP contribution in [-0.2, 0) is 0 Å². The van der Waals surface area contributed by atoms with E-state index in [9.17, 15) is 10.1 Å². The fourth-order valence-electron chi connectivity index (χ4n) is 1.64. The van der Waals surface area contributed by atoms with Gasteiger partial charge in [-0.2, -0.15) is 0 Å². The Morgan fingerprint density at radius 3 is 2.39 bits per heavy atom. The first kappa shape index (κ1) is 12.0. The van der Waals surface area contributed by atoms with Gasteiger partial charge in [-0.15, -0.1) is 0 Å². The monoisotopic (exact) mass is 244 g/mol. The zero-order chi connectivity index (χ0) is 13.1. The number of benzene rings is 1. The Kier molecular flexibility index (Phi) is 3.18. The fourth-order valence-corrected chi connectivity index (χ4v) is 1.64. The summed E-state index contributed by atoms with van der Waals surface area (Å²) in [5.41, 5.74) is 2.00. The molecule has 2 rings (SSSR count). The van der Waals surface area contributed by atoms with E-state index >= 15 is 0 Å². The lowest BCUT2D eigenvalue weighted by Gasteiger charge is -2.06. The first-order valence-corrected chi connectivity index (χ1v) is 5.39. The van der Waals surface area contributed by atoms with Crippen molar-refractivity contribution in [1.82, 2.24) is 9.97 Å². The van der Waals surface area contributed by atoms with Crippen molar-refractivity contribution in [3.63, 3.8) is 0 Å². The molecule has 92 valence electrons. The lowest BCUT2D eigenvalue weighted by molar-refractivity contribution is -0.383. The van der Waals surface area contributed by atoms with Gasteiger partial charge >= 0.3 is 0 Å². The van der Waals surface area contributed by atoms with E-state index in [0.29, 0.717) is 11.6 Å². The summed E-state index contributed by atoms with van der Waals surface area (Å²) in [5.74, 6) is 0.363. The van der Waals surface area contributed by atoms with E-state index < -0.39 is 4.92 Å². The Labute approximate surface area is 104 Å². The molecule has 0 aliphatic heterocycles. The smallest absolute Gasteiger partial charge is 0.292 e. The molecule has 18 heavy (non-hydrogen) atoms. The van der Waals surface area contributed by atoms with Crippen LogP contribution in [0.2, 0.25) is 0 Å². The number of nitro groups is 1. The number of hydrogen-bond donors (Lipinski definition) is 1. The van der Waals surface area contributed by atoms with E-state index in [2.05, 4.69) is 15.3 Å². The molecule has 0 amide bonds. The summed E-state index contributed by atoms with van der Waals surface area (Å²) >= 11 is 0. The molecule has 0 atom stereocenters. The standard InChI is InChI=1S/C12H12N4O2/c1-8-7-9(2)14-12(13-8)15-10-5-3-4-6-11(10)16(17)18/h3-7H,1-2H3,(H,13,14,15). The normalized spacial score (nSPS) is 10.1. The lowest BCUT2D eigenvalue weighted by Crippen LogP contribution is -2.02. The average Bonchev–Trinajstić information content (AvgIpc) is 2.27. The zero-order valence-corrected chi connectivity index (χ0v) is 10.0. The maximum Gasteiger partial charge on any atom is 0.292 e. The quantitative estimate of drug-likeness (QED) is 0.663. The Bertz CT molecular complexity index is 578. The highest BCUT2D eigenvalue weighted by Crippen LogP contribution is 2.25. The molecule has 0 unspecified atom stereocenters. The highest BCUT2D eigenvalue weighted by Gasteiger charge is 2.13. The highest BCUT2D eigenvalue weighted by molar-refractivity contribution is 5.66. The van der Waals surface area contributed by atoms with Gasteiger partial charge in [0.25, 0.3) is 5.69 Å². The topological polar surface area (TPSA) is 81.0 Å². The van der Waals surface area contributed by atoms with Gasteiger partial charge in [0.1, 0.15) is 5.69 Å². The molecule has 1 aromatic heterocycles. The van der Waals surface area contributed by atoms with E-state index in [1.807, 2.05) is 19.9 Å². The van der Waals surface area contributed by atoms with Crippen molar-refractivity contribution in [3.8, 4) is 0 Å². The Morgan fingerprint density at radius 1 is 1.17 bits per heavy atom. The van der Waals surface area contributed by atoms with Crippen molar-refractivity contribution in [2.45, 2.75) is 13.8 Å². The van der Waals surface area contributed by atoms with Crippen LogP contribution in [0.25, 0.3) is 0 Å². The zero-order valence-electron chi connectivity index (χ0n) is 10.0. The summed E-state index contributed by atoms with van der Waals surface area (Å²) in [6, 6.07) is 8.23. The first-order valence-electron chi connectivity index (χ1n) is 5.39. The van der Waals surface area contributed by atoms with Crippen molar-refractivity contribution in [3.05, 3.63) is 51.8 Å². The van der Waals surface area contributed by atoms with Gasteiger partial charge in [0.15, 0.2) is 0 Å². The molecular weight excluding hydrogens is 232 g/mol. The average molecular weight is 244 g/mol. The molecule has 0 saturated carbocycles. The number of nitrogens with one attached hydrogen (secondary N) is 1. The third kappa shape index (κ3) is 2.60. The summed E-state index contributed by atoms with van der Waals surface area (Å²) in [6.45, 7) is 3.69. The van der Waals surface area contributed by atoms with Gasteiger partial charge in [0.2, 0.25) is 5.95 Å². The second-order valence-electron chi connectivity index (χ2n) is 3.87. The van der Waals surface area contributed by atoms with Gasteiger partial charge in [0, 0.05) is 17.5 Å². The fraction of sp³-hybridized carbons (Fsp3) is 0.167. The van der Waals surface area contributed by atoms with Gasteiger partial charge < -0.3 is 5.32 Å². The van der Waals surface area contributed by atoms with Crippen LogP contribution in [0.4, 0.5) is 17.3 Å². The number of aromatic nitrogens is 2. The summed E-state index contributed by atoms with van der Waals surface area (Å²) in [6.07, 6.45) is 0. The highest BCUT2D eigenvalue weighted by atomic mass is 16.6. The van der Waals surface area contributed by atoms with Crippen molar-refractivity contribution >= 4 is 17.3 Å². The molecule has 0 saturated heterocycles. The minimum atomic E-state index is -0.439. The van der Waals surface area contributed by atoms with Crippen molar-refractivity contribution in [2.75, 3.05) is 5.32 Å². The maximum atomic E-state index is 10.9. The second-order valence-corrected chi connectivity index (χ2v) is 3.87. The maximum absolute atomic E-state index is 10.9. The SMILES string of the molecule is Cc1cc(C)nc(Nc2ccccc2[N+](=O)[O-])n1. The molecule has 0 radical (unpaired) electrons. The third-order valence-electron chi connectivity index (χ3n) is 2.33. The molecule has 0 aliphatic rings. The third-order valence-corrected chi connectivity index (χ3v) is 2.33. The summed E-state index contributed by atoms with van der Waals surface area (Å²) < 4.78 is 0. The predicted molar refractivity (Wildman–Crippen MR) is 67.9 cm³/mol. The van der Waals surface area contributed by atoms with Crippen LogP contribution in [0.1, 0.15) is 11.4 Å². The Hall–Kier alpha value is -2.50. The van der Waals surface area contributed by atoms with Crippen molar-refractivity contribution in [2.24, 2.45) is 0 Å². The number of rotatable bonds is 3. The second kappa shape index (κ2) is 4.79. The van der Waals surface area contributed by atoms with E-state index in [1.54, 1.807) is 18.2 Å². The van der Waals surface area contributed by atoms with Gasteiger partial charge in [0.05, 0.1) is 4.92 Å². The molecule has 2 aromatic rings. The molecule has 0 fully saturated rings. The van der Waals surface area contributed by atoms with Crippen LogP contribution in [-0.4, -0.2) is 14.9 Å². The van der Waals surface area contributed by atoms with Crippen LogP contribution < -0.4 is 5.32 Å². The van der Waals surface area contributed by atoms with Crippen LogP contribution in [0, 0.1) is 24.0 Å². The van der Waals surface area contributed by atoms with Gasteiger partial charge in [-0.3, -0.25) is 10.1 Å². The number of nitrogens with zero attached hydrogens (tertiary/aromatic N) is 3. The van der Waals surface area contributed by atoms with Crippen LogP contribution in [0.15, 0.2) is 30.3 Å². The minimum absolute atomic E-state index is 0.000240. The largest absolute Gasteiger partial charge is 0.318 e. The first-order chi connectivity index (χ1) is 8.56. The van der Waals surface area contributed by atoms with Crippen molar-refractivity contribution in [1.29, 1.82) is 0 Å². The van der Waals surface area contributed by atoms with Crippen LogP contribution >= 0.6 is 0 Å². The number of para-hydroxylation sites is 2. The van der Waals surface area contributed by atoms with E-state index in [0.717, 1.165) is 11.4 Å². The molecule has 1 heterocycles. The van der Waals surface area contributed by atoms with E-state index in [-0.39, 0.29) is 5.69 Å². The molecular formula is C12H12N4O2. The molecule has 0 spiro atoms. The van der Waals surface area contributed by atoms with E-state index in [1.165, 1.54) is 6.07 Å². The summed E-state index contributed by atoms with van der Waals surface area (Å²) in [7, 11) is 0. The van der Waals surface area contributed by atoms with Gasteiger partial charge in [-0.1, -0.05) is 12.1 Å². The van der Waals surface area contributed by atoms with Crippen molar-refractivity contribution < 1.29 is 4.92 Å². The van der Waals surface area contributed by atoms with E-state index in [4.69, 9.17) is 0 Å². The van der Waals surface area contributed by atoms with Gasteiger partial charge in [-0.25, -0.2) is 9.97 Å². The Balaban J connectivity index is 2.37. The molecule has 1 N–H and O–H groups in total. The van der Waals surface area contributed by atoms with Crippen LogP contribution in [0.5, 0.6) is 0 Å². The number of aryl methyl sites for hydroxylation is 2. The number of nitro benzene ring substituents is 1. The molecule has 0 aliphatic carbocycles. The number of hydrogen-bond acceptors (Lipinski definition) is 5. The summed E-state index contributed by atoms with van der Waals surface area (Å²) in [4.78, 5) is 18.8. The molecule has 6 heteroatoms. The lowest BCUT2D eigenvalue weighted by atomic mass is 10.2. The Morgan fingerprint density at radius 2 is 1.78 bits per heavy atom. The predicted octanol–water partition coefficient (Wildman–Crippen LogP) is 2.75. The van der Waals surface area contributed by atoms with Crippen LogP contribution in [0.3, 0.4) is 0 Å². The minimum Gasteiger partial charge on any atom is -0.318 e.